The molecule has 3 rings (SSSR count). The molecule has 118 valence electrons. The van der Waals surface area contributed by atoms with Crippen LogP contribution in [0.2, 0.25) is 5.02 Å². The molecule has 0 amide bonds. The number of nitrogens with zero attached hydrogens (tertiary/aromatic N) is 1. The van der Waals surface area contributed by atoms with E-state index in [0.29, 0.717) is 22.0 Å². The highest BCUT2D eigenvalue weighted by molar-refractivity contribution is 7.91. The standard InChI is InChI=1S/C17H14ClNO3S/c1-2-23(20,21)13-8-9-16-15(11-13)19-17(22-16)10-7-12-5-3-4-6-14(12)18/h3-11H,2H2,1H3/b10-7+. The Hall–Kier alpha value is -2.11. The van der Waals surface area contributed by atoms with E-state index < -0.39 is 9.84 Å². The molecule has 3 aromatic rings. The van der Waals surface area contributed by atoms with E-state index in [1.54, 1.807) is 31.2 Å². The minimum atomic E-state index is -3.26. The molecule has 0 saturated heterocycles. The van der Waals surface area contributed by atoms with Crippen molar-refractivity contribution < 1.29 is 12.8 Å². The van der Waals surface area contributed by atoms with Gasteiger partial charge in [-0.05, 0) is 35.9 Å². The maximum absolute atomic E-state index is 11.9. The summed E-state index contributed by atoms with van der Waals surface area (Å²) in [5.41, 5.74) is 1.91. The van der Waals surface area contributed by atoms with Gasteiger partial charge in [0.25, 0.3) is 0 Å². The average Bonchev–Trinajstić information content (AvgIpc) is 2.96. The SMILES string of the molecule is CCS(=O)(=O)c1ccc2oc(/C=C/c3ccccc3Cl)nc2c1. The van der Waals surface area contributed by atoms with Crippen molar-refractivity contribution in [2.75, 3.05) is 5.75 Å². The summed E-state index contributed by atoms with van der Waals surface area (Å²) in [7, 11) is -3.26. The molecule has 23 heavy (non-hydrogen) atoms. The maximum atomic E-state index is 11.9. The fourth-order valence-electron chi connectivity index (χ4n) is 2.13. The van der Waals surface area contributed by atoms with E-state index in [2.05, 4.69) is 4.98 Å². The molecule has 0 aliphatic rings. The lowest BCUT2D eigenvalue weighted by molar-refractivity contribution is 0.589. The number of hydrogen-bond donors (Lipinski definition) is 0. The number of halogens is 1. The van der Waals surface area contributed by atoms with Gasteiger partial charge in [-0.15, -0.1) is 0 Å². The van der Waals surface area contributed by atoms with Gasteiger partial charge in [0.05, 0.1) is 10.6 Å². The molecule has 0 spiro atoms. The Morgan fingerprint density at radius 3 is 2.70 bits per heavy atom. The fraction of sp³-hybridized carbons (Fsp3) is 0.118. The van der Waals surface area contributed by atoms with Crippen molar-refractivity contribution in [3.05, 3.63) is 58.9 Å². The smallest absolute Gasteiger partial charge is 0.220 e. The number of rotatable bonds is 4. The number of hydrogen-bond acceptors (Lipinski definition) is 4. The second-order valence-corrected chi connectivity index (χ2v) is 7.63. The van der Waals surface area contributed by atoms with Gasteiger partial charge in [0.2, 0.25) is 5.89 Å². The first-order valence-corrected chi connectivity index (χ1v) is 9.08. The van der Waals surface area contributed by atoms with Gasteiger partial charge in [0.15, 0.2) is 15.4 Å². The number of aromatic nitrogens is 1. The normalized spacial score (nSPS) is 12.3. The van der Waals surface area contributed by atoms with Crippen LogP contribution in [-0.2, 0) is 9.84 Å². The molecule has 0 saturated carbocycles. The molecule has 0 radical (unpaired) electrons. The highest BCUT2D eigenvalue weighted by atomic mass is 35.5. The Labute approximate surface area is 139 Å². The first-order valence-electron chi connectivity index (χ1n) is 7.05. The van der Waals surface area contributed by atoms with Crippen LogP contribution in [0.5, 0.6) is 0 Å². The zero-order chi connectivity index (χ0) is 16.4. The zero-order valence-electron chi connectivity index (χ0n) is 12.4. The quantitative estimate of drug-likeness (QED) is 0.699. The summed E-state index contributed by atoms with van der Waals surface area (Å²) in [6.45, 7) is 1.61. The molecule has 0 atom stereocenters. The third-order valence-electron chi connectivity index (χ3n) is 3.43. The van der Waals surface area contributed by atoms with E-state index in [1.165, 1.54) is 12.1 Å². The van der Waals surface area contributed by atoms with Crippen molar-refractivity contribution in [3.63, 3.8) is 0 Å². The van der Waals surface area contributed by atoms with Gasteiger partial charge in [0, 0.05) is 11.1 Å². The molecular weight excluding hydrogens is 334 g/mol. The molecule has 1 aromatic heterocycles. The summed E-state index contributed by atoms with van der Waals surface area (Å²) in [6, 6.07) is 12.1. The average molecular weight is 348 g/mol. The van der Waals surface area contributed by atoms with Gasteiger partial charge in [-0.25, -0.2) is 13.4 Å². The summed E-state index contributed by atoms with van der Waals surface area (Å²) in [5, 5.41) is 0.635. The maximum Gasteiger partial charge on any atom is 0.220 e. The minimum absolute atomic E-state index is 0.0512. The fourth-order valence-corrected chi connectivity index (χ4v) is 3.23. The Balaban J connectivity index is 1.96. The molecule has 0 N–H and O–H groups in total. The molecule has 2 aromatic carbocycles. The Morgan fingerprint density at radius 2 is 1.96 bits per heavy atom. The van der Waals surface area contributed by atoms with Gasteiger partial charge in [0.1, 0.15) is 5.52 Å². The van der Waals surface area contributed by atoms with Crippen LogP contribution >= 0.6 is 11.6 Å². The molecule has 0 bridgehead atoms. The van der Waals surface area contributed by atoms with Gasteiger partial charge in [-0.3, -0.25) is 0 Å². The topological polar surface area (TPSA) is 60.2 Å². The summed E-state index contributed by atoms with van der Waals surface area (Å²) in [5.74, 6) is 0.446. The number of benzene rings is 2. The van der Waals surface area contributed by atoms with Crippen molar-refractivity contribution in [3.8, 4) is 0 Å². The third kappa shape index (κ3) is 3.30. The van der Waals surface area contributed by atoms with E-state index >= 15 is 0 Å². The third-order valence-corrected chi connectivity index (χ3v) is 5.50. The zero-order valence-corrected chi connectivity index (χ0v) is 13.9. The van der Waals surface area contributed by atoms with E-state index in [-0.39, 0.29) is 10.6 Å². The minimum Gasteiger partial charge on any atom is -0.437 e. The molecule has 0 aliphatic heterocycles. The van der Waals surface area contributed by atoms with Crippen molar-refractivity contribution >= 4 is 44.7 Å². The van der Waals surface area contributed by atoms with Crippen LogP contribution in [-0.4, -0.2) is 19.2 Å². The van der Waals surface area contributed by atoms with Crippen LogP contribution in [0.3, 0.4) is 0 Å². The van der Waals surface area contributed by atoms with E-state index in [9.17, 15) is 8.42 Å². The first-order chi connectivity index (χ1) is 11.0. The summed E-state index contributed by atoms with van der Waals surface area (Å²) >= 11 is 6.09. The summed E-state index contributed by atoms with van der Waals surface area (Å²) < 4.78 is 29.4. The lowest BCUT2D eigenvalue weighted by Gasteiger charge is -1.99. The van der Waals surface area contributed by atoms with Crippen LogP contribution in [0.15, 0.2) is 51.8 Å². The molecule has 4 nitrogen and oxygen atoms in total. The number of oxazole rings is 1. The van der Waals surface area contributed by atoms with Crippen molar-refractivity contribution in [2.45, 2.75) is 11.8 Å². The lowest BCUT2D eigenvalue weighted by atomic mass is 10.2. The van der Waals surface area contributed by atoms with Gasteiger partial charge in [-0.1, -0.05) is 36.7 Å². The predicted molar refractivity (Wildman–Crippen MR) is 92.1 cm³/mol. The molecular formula is C17H14ClNO3S. The largest absolute Gasteiger partial charge is 0.437 e. The number of sulfone groups is 1. The molecule has 1 heterocycles. The van der Waals surface area contributed by atoms with Crippen molar-refractivity contribution in [1.82, 2.24) is 4.98 Å². The predicted octanol–water partition coefficient (Wildman–Crippen LogP) is 4.45. The Bertz CT molecular complexity index is 990. The van der Waals surface area contributed by atoms with E-state index in [4.69, 9.17) is 16.0 Å². The van der Waals surface area contributed by atoms with E-state index in [1.807, 2.05) is 18.2 Å². The van der Waals surface area contributed by atoms with Crippen LogP contribution < -0.4 is 0 Å². The van der Waals surface area contributed by atoms with Gasteiger partial charge < -0.3 is 4.42 Å². The Kier molecular flexibility index (Phi) is 4.24. The molecule has 0 fully saturated rings. The van der Waals surface area contributed by atoms with Crippen molar-refractivity contribution in [1.29, 1.82) is 0 Å². The monoisotopic (exact) mass is 347 g/mol. The summed E-state index contributed by atoms with van der Waals surface area (Å²) in [6.07, 6.45) is 3.51. The first kappa shape index (κ1) is 15.8. The van der Waals surface area contributed by atoms with E-state index in [0.717, 1.165) is 5.56 Å². The molecule has 0 aliphatic carbocycles. The van der Waals surface area contributed by atoms with Crippen LogP contribution in [0.4, 0.5) is 0 Å². The van der Waals surface area contributed by atoms with Crippen LogP contribution in [0, 0.1) is 0 Å². The van der Waals surface area contributed by atoms with Gasteiger partial charge in [-0.2, -0.15) is 0 Å². The van der Waals surface area contributed by atoms with Crippen molar-refractivity contribution in [2.24, 2.45) is 0 Å². The summed E-state index contributed by atoms with van der Waals surface area (Å²) in [4.78, 5) is 4.56. The number of fused-ring (bicyclic) bond motifs is 1. The van der Waals surface area contributed by atoms with Crippen LogP contribution in [0.25, 0.3) is 23.3 Å². The van der Waals surface area contributed by atoms with Crippen LogP contribution in [0.1, 0.15) is 18.4 Å². The second-order valence-electron chi connectivity index (χ2n) is 4.94. The molecule has 0 unspecified atom stereocenters. The highest BCUT2D eigenvalue weighted by Gasteiger charge is 2.14. The highest BCUT2D eigenvalue weighted by Crippen LogP contribution is 2.23. The molecule has 6 heteroatoms. The Morgan fingerprint density at radius 1 is 1.17 bits per heavy atom. The second kappa shape index (κ2) is 6.18. The lowest BCUT2D eigenvalue weighted by Crippen LogP contribution is -2.03. The van der Waals surface area contributed by atoms with Gasteiger partial charge >= 0.3 is 0 Å².